The highest BCUT2D eigenvalue weighted by atomic mass is 35.5. The summed E-state index contributed by atoms with van der Waals surface area (Å²) in [6, 6.07) is 13.2. The number of aryl methyl sites for hydroxylation is 1. The van der Waals surface area contributed by atoms with Crippen molar-refractivity contribution in [2.24, 2.45) is 0 Å². The van der Waals surface area contributed by atoms with E-state index in [1.807, 2.05) is 75.3 Å². The summed E-state index contributed by atoms with van der Waals surface area (Å²) in [6.07, 6.45) is 0. The highest BCUT2D eigenvalue weighted by Gasteiger charge is 2.22. The van der Waals surface area contributed by atoms with Crippen LogP contribution in [0, 0.1) is 6.92 Å². The van der Waals surface area contributed by atoms with Crippen LogP contribution in [0.4, 0.5) is 0 Å². The van der Waals surface area contributed by atoms with Crippen LogP contribution >= 0.6 is 11.6 Å². The van der Waals surface area contributed by atoms with Crippen molar-refractivity contribution in [1.29, 1.82) is 0 Å². The molecule has 0 aliphatic carbocycles. The van der Waals surface area contributed by atoms with Crippen LogP contribution in [0.1, 0.15) is 34.6 Å². The summed E-state index contributed by atoms with van der Waals surface area (Å²) >= 11 is 6.34. The molecule has 1 N–H and O–H groups in total. The largest absolute Gasteiger partial charge is 0.494 e. The normalized spacial score (nSPS) is 12.4. The summed E-state index contributed by atoms with van der Waals surface area (Å²) in [7, 11) is 3.92. The number of nitrogens with one attached hydrogen (secondary N) is 1. The minimum absolute atomic E-state index is 0.0492. The fraction of sp³-hybridized carbons (Fsp3) is 0.318. The third-order valence-corrected chi connectivity index (χ3v) is 5.11. The zero-order valence-corrected chi connectivity index (χ0v) is 17.3. The summed E-state index contributed by atoms with van der Waals surface area (Å²) < 4.78 is 11.4. The van der Waals surface area contributed by atoms with Gasteiger partial charge < -0.3 is 19.4 Å². The Kier molecular flexibility index (Phi) is 6.27. The number of fused-ring (bicyclic) bond motifs is 1. The lowest BCUT2D eigenvalue weighted by atomic mass is 10.1. The summed E-state index contributed by atoms with van der Waals surface area (Å²) in [5.41, 5.74) is 2.44. The Morgan fingerprint density at radius 3 is 2.68 bits per heavy atom. The van der Waals surface area contributed by atoms with Crippen LogP contribution in [0.15, 0.2) is 46.9 Å². The number of halogens is 1. The first-order valence-electron chi connectivity index (χ1n) is 9.27. The van der Waals surface area contributed by atoms with E-state index in [2.05, 4.69) is 5.32 Å². The molecule has 0 fully saturated rings. The van der Waals surface area contributed by atoms with Gasteiger partial charge in [-0.15, -0.1) is 0 Å². The van der Waals surface area contributed by atoms with E-state index in [-0.39, 0.29) is 11.9 Å². The molecule has 1 heterocycles. The van der Waals surface area contributed by atoms with Gasteiger partial charge in [-0.05, 0) is 57.8 Å². The molecule has 0 aliphatic rings. The van der Waals surface area contributed by atoms with E-state index in [4.69, 9.17) is 20.8 Å². The number of furan rings is 1. The Hall–Kier alpha value is -2.50. The Balaban J connectivity index is 1.80. The molecule has 1 atom stereocenters. The first-order chi connectivity index (χ1) is 13.4. The van der Waals surface area contributed by atoms with E-state index < -0.39 is 0 Å². The highest BCUT2D eigenvalue weighted by Crippen LogP contribution is 2.29. The Bertz CT molecular complexity index is 981. The predicted molar refractivity (Wildman–Crippen MR) is 112 cm³/mol. The number of rotatable bonds is 7. The van der Waals surface area contributed by atoms with Crippen molar-refractivity contribution < 1.29 is 13.9 Å². The van der Waals surface area contributed by atoms with Crippen LogP contribution in [0.3, 0.4) is 0 Å². The Morgan fingerprint density at radius 1 is 1.25 bits per heavy atom. The lowest BCUT2D eigenvalue weighted by Gasteiger charge is -2.25. The van der Waals surface area contributed by atoms with Crippen molar-refractivity contribution in [3.05, 3.63) is 64.4 Å². The zero-order chi connectivity index (χ0) is 20.3. The fourth-order valence-electron chi connectivity index (χ4n) is 3.26. The molecule has 0 radical (unpaired) electrons. The molecule has 3 aromatic rings. The van der Waals surface area contributed by atoms with Crippen LogP contribution in [0.25, 0.3) is 11.0 Å². The summed E-state index contributed by atoms with van der Waals surface area (Å²) in [5, 5.41) is 4.54. The Morgan fingerprint density at radius 2 is 2.00 bits per heavy atom. The van der Waals surface area contributed by atoms with Gasteiger partial charge in [0, 0.05) is 22.5 Å². The third-order valence-electron chi connectivity index (χ3n) is 4.77. The molecule has 0 saturated carbocycles. The van der Waals surface area contributed by atoms with E-state index in [1.165, 1.54) is 0 Å². The molecule has 2 aromatic carbocycles. The van der Waals surface area contributed by atoms with Crippen LogP contribution in [0.5, 0.6) is 5.75 Å². The second kappa shape index (κ2) is 8.67. The third kappa shape index (κ3) is 4.16. The predicted octanol–water partition coefficient (Wildman–Crippen LogP) is 4.83. The lowest BCUT2D eigenvalue weighted by molar-refractivity contribution is 0.0915. The van der Waals surface area contributed by atoms with Gasteiger partial charge in [-0.1, -0.05) is 29.8 Å². The molecule has 0 bridgehead atoms. The van der Waals surface area contributed by atoms with Crippen LogP contribution in [-0.2, 0) is 0 Å². The second-order valence-corrected chi connectivity index (χ2v) is 7.27. The summed E-state index contributed by atoms with van der Waals surface area (Å²) in [4.78, 5) is 14.8. The first-order valence-corrected chi connectivity index (χ1v) is 9.65. The molecule has 0 spiro atoms. The quantitative estimate of drug-likeness (QED) is 0.617. The van der Waals surface area contributed by atoms with Crippen molar-refractivity contribution in [2.75, 3.05) is 27.2 Å². The first kappa shape index (κ1) is 20.2. The minimum Gasteiger partial charge on any atom is -0.494 e. The average Bonchev–Trinajstić information content (AvgIpc) is 3.00. The number of hydrogen-bond acceptors (Lipinski definition) is 4. The van der Waals surface area contributed by atoms with E-state index in [0.717, 1.165) is 22.3 Å². The van der Waals surface area contributed by atoms with Crippen LogP contribution in [0.2, 0.25) is 5.02 Å². The van der Waals surface area contributed by atoms with Crippen molar-refractivity contribution in [3.63, 3.8) is 0 Å². The molecule has 28 heavy (non-hydrogen) atoms. The van der Waals surface area contributed by atoms with Crippen molar-refractivity contribution in [3.8, 4) is 5.75 Å². The molecule has 1 amide bonds. The molecule has 1 aromatic heterocycles. The number of carbonyl (C=O) groups is 1. The van der Waals surface area contributed by atoms with Gasteiger partial charge in [0.05, 0.1) is 12.6 Å². The van der Waals surface area contributed by atoms with Gasteiger partial charge in [0.2, 0.25) is 0 Å². The number of amides is 1. The number of benzene rings is 2. The van der Waals surface area contributed by atoms with Crippen LogP contribution < -0.4 is 10.1 Å². The van der Waals surface area contributed by atoms with E-state index in [0.29, 0.717) is 29.5 Å². The molecule has 3 rings (SSSR count). The van der Waals surface area contributed by atoms with Crippen molar-refractivity contribution >= 4 is 28.5 Å². The van der Waals surface area contributed by atoms with Crippen molar-refractivity contribution in [2.45, 2.75) is 19.9 Å². The maximum Gasteiger partial charge on any atom is 0.287 e. The minimum atomic E-state index is -0.245. The number of carbonyl (C=O) groups excluding carboxylic acids is 1. The van der Waals surface area contributed by atoms with Gasteiger partial charge in [0.25, 0.3) is 5.91 Å². The number of nitrogens with zero attached hydrogens (tertiary/aromatic N) is 1. The van der Waals surface area contributed by atoms with Gasteiger partial charge in [-0.3, -0.25) is 4.79 Å². The maximum absolute atomic E-state index is 12.8. The van der Waals surface area contributed by atoms with Gasteiger partial charge in [-0.25, -0.2) is 0 Å². The standard InChI is InChI=1S/C22H25ClN2O3/c1-5-27-15-10-11-20-17(12-15)14(2)21(28-20)22(26)24-13-19(25(3)4)16-8-6-7-9-18(16)23/h6-12,19H,5,13H2,1-4H3,(H,24,26). The smallest absolute Gasteiger partial charge is 0.287 e. The molecule has 5 nitrogen and oxygen atoms in total. The zero-order valence-electron chi connectivity index (χ0n) is 16.6. The molecular formula is C22H25ClN2O3. The molecule has 6 heteroatoms. The molecule has 0 saturated heterocycles. The summed E-state index contributed by atoms with van der Waals surface area (Å²) in [5.74, 6) is 0.836. The van der Waals surface area contributed by atoms with Gasteiger partial charge in [-0.2, -0.15) is 0 Å². The summed E-state index contributed by atoms with van der Waals surface area (Å²) in [6.45, 7) is 4.82. The molecule has 1 unspecified atom stereocenters. The van der Waals surface area contributed by atoms with Crippen LogP contribution in [-0.4, -0.2) is 38.1 Å². The van der Waals surface area contributed by atoms with Gasteiger partial charge in [0.1, 0.15) is 11.3 Å². The monoisotopic (exact) mass is 400 g/mol. The maximum atomic E-state index is 12.8. The molecule has 148 valence electrons. The van der Waals surface area contributed by atoms with E-state index in [9.17, 15) is 4.79 Å². The lowest BCUT2D eigenvalue weighted by Crippen LogP contribution is -2.34. The molecular weight excluding hydrogens is 376 g/mol. The average molecular weight is 401 g/mol. The SMILES string of the molecule is CCOc1ccc2oc(C(=O)NCC(c3ccccc3Cl)N(C)C)c(C)c2c1. The number of likely N-dealkylation sites (N-methyl/N-ethyl adjacent to an activating group) is 1. The second-order valence-electron chi connectivity index (χ2n) is 6.86. The van der Waals surface area contributed by atoms with Gasteiger partial charge in [0.15, 0.2) is 5.76 Å². The fourth-order valence-corrected chi connectivity index (χ4v) is 3.52. The van der Waals surface area contributed by atoms with Crippen molar-refractivity contribution in [1.82, 2.24) is 10.2 Å². The number of ether oxygens (including phenoxy) is 1. The van der Waals surface area contributed by atoms with Gasteiger partial charge >= 0.3 is 0 Å². The highest BCUT2D eigenvalue weighted by molar-refractivity contribution is 6.31. The van der Waals surface area contributed by atoms with E-state index in [1.54, 1.807) is 0 Å². The molecule has 0 aliphatic heterocycles. The van der Waals surface area contributed by atoms with E-state index >= 15 is 0 Å². The number of hydrogen-bond donors (Lipinski definition) is 1. The Labute approximate surface area is 170 Å². The topological polar surface area (TPSA) is 54.7 Å².